The summed E-state index contributed by atoms with van der Waals surface area (Å²) in [5.74, 6) is -1.30. The van der Waals surface area contributed by atoms with Crippen LogP contribution in [0.15, 0.2) is 12.2 Å². The predicted molar refractivity (Wildman–Crippen MR) is 80.3 cm³/mol. The van der Waals surface area contributed by atoms with E-state index in [1.54, 1.807) is 0 Å². The molecule has 0 heterocycles. The van der Waals surface area contributed by atoms with Crippen molar-refractivity contribution in [3.05, 3.63) is 12.2 Å². The van der Waals surface area contributed by atoms with Gasteiger partial charge in [-0.1, -0.05) is 13.5 Å². The van der Waals surface area contributed by atoms with Crippen LogP contribution in [0.5, 0.6) is 0 Å². The van der Waals surface area contributed by atoms with Crippen LogP contribution in [-0.4, -0.2) is 45.6 Å². The Morgan fingerprint density at radius 1 is 1.04 bits per heavy atom. The molecule has 0 aromatic rings. The third-order valence-electron chi connectivity index (χ3n) is 5.22. The van der Waals surface area contributed by atoms with E-state index >= 15 is 0 Å². The van der Waals surface area contributed by atoms with Gasteiger partial charge in [-0.15, -0.1) is 0 Å². The van der Waals surface area contributed by atoms with E-state index in [1.807, 2.05) is 6.92 Å². The Hall–Kier alpha value is -1.40. The predicted octanol–water partition coefficient (Wildman–Crippen LogP) is 1.24. The van der Waals surface area contributed by atoms with Crippen molar-refractivity contribution in [2.24, 2.45) is 5.41 Å². The SMILES string of the molecule is C=C(C)C(=O)OCC(=O)OC12CC3(C)CC(O)(CC(O)(C3)C1)C2. The van der Waals surface area contributed by atoms with Gasteiger partial charge in [-0.3, -0.25) is 0 Å². The Labute approximate surface area is 135 Å². The van der Waals surface area contributed by atoms with Gasteiger partial charge in [0.15, 0.2) is 6.61 Å². The molecule has 6 heteroatoms. The molecule has 6 nitrogen and oxygen atoms in total. The van der Waals surface area contributed by atoms with Crippen molar-refractivity contribution in [2.45, 2.75) is 69.2 Å². The Bertz CT molecular complexity index is 526. The van der Waals surface area contributed by atoms with Crippen LogP contribution in [0.25, 0.3) is 0 Å². The third-order valence-corrected chi connectivity index (χ3v) is 5.22. The summed E-state index contributed by atoms with van der Waals surface area (Å²) in [5, 5.41) is 21.5. The molecule has 4 aliphatic rings. The second-order valence-electron chi connectivity index (χ2n) is 8.33. The fourth-order valence-electron chi connectivity index (χ4n) is 5.56. The van der Waals surface area contributed by atoms with Gasteiger partial charge in [0, 0.05) is 24.8 Å². The maximum absolute atomic E-state index is 12.1. The summed E-state index contributed by atoms with van der Waals surface area (Å²) in [4.78, 5) is 23.4. The molecule has 2 atom stereocenters. The normalized spacial score (nSPS) is 44.0. The van der Waals surface area contributed by atoms with Crippen LogP contribution in [0.4, 0.5) is 0 Å². The molecule has 4 saturated carbocycles. The highest BCUT2D eigenvalue weighted by Crippen LogP contribution is 2.65. The van der Waals surface area contributed by atoms with E-state index in [4.69, 9.17) is 9.47 Å². The maximum Gasteiger partial charge on any atom is 0.344 e. The Morgan fingerprint density at radius 3 is 2.09 bits per heavy atom. The number of carbonyl (C=O) groups excluding carboxylic acids is 2. The Kier molecular flexibility index (Phi) is 3.44. The zero-order valence-corrected chi connectivity index (χ0v) is 13.7. The molecule has 0 aromatic carbocycles. The number of rotatable bonds is 4. The first-order valence-electron chi connectivity index (χ1n) is 7.96. The average molecular weight is 324 g/mol. The molecule has 0 aliphatic heterocycles. The van der Waals surface area contributed by atoms with Gasteiger partial charge < -0.3 is 19.7 Å². The lowest BCUT2D eigenvalue weighted by Gasteiger charge is -2.66. The molecule has 0 saturated heterocycles. The fourth-order valence-corrected chi connectivity index (χ4v) is 5.56. The van der Waals surface area contributed by atoms with Crippen molar-refractivity contribution in [3.8, 4) is 0 Å². The highest BCUT2D eigenvalue weighted by molar-refractivity contribution is 5.88. The number of hydrogen-bond donors (Lipinski definition) is 2. The van der Waals surface area contributed by atoms with Gasteiger partial charge in [0.2, 0.25) is 0 Å². The Balaban J connectivity index is 1.71. The molecule has 2 unspecified atom stereocenters. The van der Waals surface area contributed by atoms with Crippen LogP contribution in [0.3, 0.4) is 0 Å². The fraction of sp³-hybridized carbons (Fsp3) is 0.765. The first kappa shape index (κ1) is 16.5. The minimum atomic E-state index is -0.993. The highest BCUT2D eigenvalue weighted by Gasteiger charge is 2.68. The molecule has 128 valence electrons. The minimum Gasteiger partial charge on any atom is -0.456 e. The first-order chi connectivity index (χ1) is 10.5. The van der Waals surface area contributed by atoms with Gasteiger partial charge in [-0.25, -0.2) is 9.59 Å². The summed E-state index contributed by atoms with van der Waals surface area (Å²) in [6.07, 6.45) is 2.85. The largest absolute Gasteiger partial charge is 0.456 e. The van der Waals surface area contributed by atoms with Crippen molar-refractivity contribution >= 4 is 11.9 Å². The third kappa shape index (κ3) is 3.02. The topological polar surface area (TPSA) is 93.1 Å². The summed E-state index contributed by atoms with van der Waals surface area (Å²) in [7, 11) is 0. The van der Waals surface area contributed by atoms with Crippen molar-refractivity contribution in [1.29, 1.82) is 0 Å². The summed E-state index contributed by atoms with van der Waals surface area (Å²) >= 11 is 0. The molecule has 4 bridgehead atoms. The van der Waals surface area contributed by atoms with Gasteiger partial charge in [-0.05, 0) is 31.6 Å². The zero-order valence-electron chi connectivity index (χ0n) is 13.7. The molecule has 4 rings (SSSR count). The molecule has 23 heavy (non-hydrogen) atoms. The molecule has 0 spiro atoms. The second kappa shape index (κ2) is 4.80. The highest BCUT2D eigenvalue weighted by atomic mass is 16.6. The molecule has 0 amide bonds. The number of hydrogen-bond acceptors (Lipinski definition) is 6. The quantitative estimate of drug-likeness (QED) is 0.597. The van der Waals surface area contributed by atoms with Gasteiger partial charge in [-0.2, -0.15) is 0 Å². The number of esters is 2. The van der Waals surface area contributed by atoms with E-state index in [0.29, 0.717) is 38.5 Å². The van der Waals surface area contributed by atoms with Crippen LogP contribution in [0.1, 0.15) is 52.4 Å². The minimum absolute atomic E-state index is 0.212. The lowest BCUT2D eigenvalue weighted by atomic mass is 9.45. The summed E-state index contributed by atoms with van der Waals surface area (Å²) < 4.78 is 10.4. The zero-order chi connectivity index (χ0) is 17.1. The van der Waals surface area contributed by atoms with Gasteiger partial charge in [0.25, 0.3) is 0 Å². The summed E-state index contributed by atoms with van der Waals surface area (Å²) in [6.45, 7) is 6.48. The lowest BCUT2D eigenvalue weighted by Crippen LogP contribution is -2.69. The molecule has 4 fully saturated rings. The van der Waals surface area contributed by atoms with Crippen molar-refractivity contribution in [3.63, 3.8) is 0 Å². The lowest BCUT2D eigenvalue weighted by molar-refractivity contribution is -0.282. The molecule has 0 radical (unpaired) electrons. The van der Waals surface area contributed by atoms with E-state index in [0.717, 1.165) is 0 Å². The molecular weight excluding hydrogens is 300 g/mol. The van der Waals surface area contributed by atoms with E-state index < -0.39 is 35.3 Å². The molecular formula is C17H24O6. The van der Waals surface area contributed by atoms with Gasteiger partial charge >= 0.3 is 11.9 Å². The van der Waals surface area contributed by atoms with Crippen LogP contribution in [0, 0.1) is 5.41 Å². The number of ether oxygens (including phenoxy) is 2. The van der Waals surface area contributed by atoms with Crippen LogP contribution in [-0.2, 0) is 19.1 Å². The van der Waals surface area contributed by atoms with E-state index in [9.17, 15) is 19.8 Å². The van der Waals surface area contributed by atoms with E-state index in [1.165, 1.54) is 6.92 Å². The van der Waals surface area contributed by atoms with E-state index in [2.05, 4.69) is 6.58 Å². The van der Waals surface area contributed by atoms with Crippen molar-refractivity contribution < 1.29 is 29.3 Å². The van der Waals surface area contributed by atoms with E-state index in [-0.39, 0.29) is 11.0 Å². The first-order valence-corrected chi connectivity index (χ1v) is 7.96. The molecule has 0 aromatic heterocycles. The van der Waals surface area contributed by atoms with Gasteiger partial charge in [0.05, 0.1) is 11.2 Å². The van der Waals surface area contributed by atoms with Crippen LogP contribution >= 0.6 is 0 Å². The molecule has 2 N–H and O–H groups in total. The van der Waals surface area contributed by atoms with Crippen LogP contribution < -0.4 is 0 Å². The number of carbonyl (C=O) groups is 2. The second-order valence-corrected chi connectivity index (χ2v) is 8.33. The average Bonchev–Trinajstić information content (AvgIpc) is 2.28. The standard InChI is InChI=1S/C17H24O6/c1-11(2)13(19)22-4-12(18)23-17-7-14(3)5-15(20,9-17)8-16(21,6-14)10-17/h20-21H,1,4-10H2,2-3H3. The smallest absolute Gasteiger partial charge is 0.344 e. The number of aliphatic hydroxyl groups is 2. The summed E-state index contributed by atoms with van der Waals surface area (Å²) in [6, 6.07) is 0. The monoisotopic (exact) mass is 324 g/mol. The van der Waals surface area contributed by atoms with Gasteiger partial charge in [0.1, 0.15) is 5.60 Å². The van der Waals surface area contributed by atoms with Crippen molar-refractivity contribution in [2.75, 3.05) is 6.61 Å². The van der Waals surface area contributed by atoms with Crippen molar-refractivity contribution in [1.82, 2.24) is 0 Å². The Morgan fingerprint density at radius 2 is 1.61 bits per heavy atom. The molecule has 4 aliphatic carbocycles. The summed E-state index contributed by atoms with van der Waals surface area (Å²) in [5.41, 5.74) is -2.89. The maximum atomic E-state index is 12.1. The van der Waals surface area contributed by atoms with Crippen LogP contribution in [0.2, 0.25) is 0 Å².